The Kier molecular flexibility index (Phi) is 6.33. The Hall–Kier alpha value is -2.18. The van der Waals surface area contributed by atoms with Crippen molar-refractivity contribution in [1.29, 1.82) is 0 Å². The number of hydrogen-bond acceptors (Lipinski definition) is 2. The first-order chi connectivity index (χ1) is 11.8. The van der Waals surface area contributed by atoms with E-state index in [0.29, 0.717) is 21.7 Å². The molecule has 2 N–H and O–H groups in total. The van der Waals surface area contributed by atoms with Crippen LogP contribution in [-0.4, -0.2) is 18.4 Å². The summed E-state index contributed by atoms with van der Waals surface area (Å²) in [7, 11) is 0. The van der Waals surface area contributed by atoms with E-state index in [4.69, 9.17) is 23.2 Å². The van der Waals surface area contributed by atoms with E-state index in [1.807, 2.05) is 0 Å². The molecule has 2 aromatic rings. The summed E-state index contributed by atoms with van der Waals surface area (Å²) in [5.41, 5.74) is 0.318. The van der Waals surface area contributed by atoms with Gasteiger partial charge >= 0.3 is 0 Å². The Morgan fingerprint density at radius 3 is 2.48 bits per heavy atom. The molecule has 0 aromatic heterocycles. The molecule has 0 aliphatic rings. The standard InChI is InChI=1S/C17H14Cl2F2N2O2/c1-9(12-4-2-10(18)6-14(12)19)23-16(24)8-22-17(25)13-5-3-11(20)7-15(13)21/h2-7,9H,8H2,1H3,(H,22,25)(H,23,24)/t9-/m1/s1. The first kappa shape index (κ1) is 19.1. The fourth-order valence-corrected chi connectivity index (χ4v) is 2.72. The van der Waals surface area contributed by atoms with Gasteiger partial charge in [-0.2, -0.15) is 0 Å². The minimum atomic E-state index is -1.00. The van der Waals surface area contributed by atoms with Crippen molar-refractivity contribution in [2.45, 2.75) is 13.0 Å². The molecule has 0 aliphatic carbocycles. The van der Waals surface area contributed by atoms with Gasteiger partial charge in [0.25, 0.3) is 5.91 Å². The fourth-order valence-electron chi connectivity index (χ4n) is 2.15. The van der Waals surface area contributed by atoms with Gasteiger partial charge < -0.3 is 10.6 Å². The van der Waals surface area contributed by atoms with E-state index in [-0.39, 0.29) is 12.1 Å². The number of rotatable bonds is 5. The van der Waals surface area contributed by atoms with Crippen molar-refractivity contribution < 1.29 is 18.4 Å². The van der Waals surface area contributed by atoms with Crippen LogP contribution in [0, 0.1) is 11.6 Å². The molecule has 132 valence electrons. The van der Waals surface area contributed by atoms with Crippen LogP contribution >= 0.6 is 23.2 Å². The van der Waals surface area contributed by atoms with Crippen LogP contribution in [0.1, 0.15) is 28.9 Å². The van der Waals surface area contributed by atoms with Crippen molar-refractivity contribution in [2.24, 2.45) is 0 Å². The third-order valence-electron chi connectivity index (χ3n) is 3.39. The largest absolute Gasteiger partial charge is 0.348 e. The molecule has 0 saturated heterocycles. The average molecular weight is 387 g/mol. The van der Waals surface area contributed by atoms with E-state index in [1.165, 1.54) is 0 Å². The highest BCUT2D eigenvalue weighted by Gasteiger charge is 2.16. The summed E-state index contributed by atoms with van der Waals surface area (Å²) in [6.07, 6.45) is 0. The topological polar surface area (TPSA) is 58.2 Å². The van der Waals surface area contributed by atoms with Crippen molar-refractivity contribution in [3.05, 3.63) is 69.2 Å². The molecule has 0 unspecified atom stereocenters. The minimum Gasteiger partial charge on any atom is -0.348 e. The van der Waals surface area contributed by atoms with Crippen LogP contribution in [0.2, 0.25) is 10.0 Å². The van der Waals surface area contributed by atoms with Gasteiger partial charge in [-0.3, -0.25) is 9.59 Å². The van der Waals surface area contributed by atoms with E-state index in [1.54, 1.807) is 25.1 Å². The second-order valence-corrected chi connectivity index (χ2v) is 6.11. The summed E-state index contributed by atoms with van der Waals surface area (Å²) in [6.45, 7) is 1.35. The molecule has 0 spiro atoms. The Morgan fingerprint density at radius 2 is 1.84 bits per heavy atom. The number of hydrogen-bond donors (Lipinski definition) is 2. The van der Waals surface area contributed by atoms with Crippen molar-refractivity contribution in [2.75, 3.05) is 6.54 Å². The summed E-state index contributed by atoms with van der Waals surface area (Å²) in [6, 6.07) is 7.03. The van der Waals surface area contributed by atoms with Gasteiger partial charge in [-0.05, 0) is 36.8 Å². The summed E-state index contributed by atoms with van der Waals surface area (Å²) in [4.78, 5) is 23.8. The number of halogens is 4. The van der Waals surface area contributed by atoms with E-state index in [9.17, 15) is 18.4 Å². The molecular weight excluding hydrogens is 373 g/mol. The average Bonchev–Trinajstić information content (AvgIpc) is 2.52. The molecule has 2 rings (SSSR count). The highest BCUT2D eigenvalue weighted by atomic mass is 35.5. The molecule has 4 nitrogen and oxygen atoms in total. The normalized spacial score (nSPS) is 11.7. The zero-order chi connectivity index (χ0) is 18.6. The van der Waals surface area contributed by atoms with E-state index >= 15 is 0 Å². The van der Waals surface area contributed by atoms with Crippen LogP contribution in [0.3, 0.4) is 0 Å². The van der Waals surface area contributed by atoms with Crippen molar-refractivity contribution in [3.63, 3.8) is 0 Å². The second-order valence-electron chi connectivity index (χ2n) is 5.26. The van der Waals surface area contributed by atoms with E-state index in [2.05, 4.69) is 10.6 Å². The second kappa shape index (κ2) is 8.27. The molecule has 25 heavy (non-hydrogen) atoms. The molecule has 2 aromatic carbocycles. The number of nitrogens with one attached hydrogen (secondary N) is 2. The Bertz CT molecular complexity index is 815. The van der Waals surface area contributed by atoms with Crippen LogP contribution in [0.25, 0.3) is 0 Å². The smallest absolute Gasteiger partial charge is 0.254 e. The minimum absolute atomic E-state index is 0.344. The quantitative estimate of drug-likeness (QED) is 0.818. The molecule has 0 heterocycles. The summed E-state index contributed by atoms with van der Waals surface area (Å²) >= 11 is 11.9. The predicted octanol–water partition coefficient (Wildman–Crippen LogP) is 3.88. The maximum absolute atomic E-state index is 13.5. The first-order valence-corrected chi connectivity index (χ1v) is 8.01. The molecule has 2 amide bonds. The molecule has 8 heteroatoms. The van der Waals surface area contributed by atoms with Gasteiger partial charge in [0.15, 0.2) is 0 Å². The molecule has 0 saturated carbocycles. The van der Waals surface area contributed by atoms with Gasteiger partial charge in [-0.15, -0.1) is 0 Å². The van der Waals surface area contributed by atoms with Gasteiger partial charge in [0.1, 0.15) is 11.6 Å². The lowest BCUT2D eigenvalue weighted by Gasteiger charge is -2.16. The lowest BCUT2D eigenvalue weighted by Crippen LogP contribution is -2.38. The summed E-state index contributed by atoms with van der Waals surface area (Å²) < 4.78 is 26.3. The molecule has 0 aliphatic heterocycles. The van der Waals surface area contributed by atoms with Gasteiger partial charge in [0, 0.05) is 16.1 Å². The summed E-state index contributed by atoms with van der Waals surface area (Å²) in [5.74, 6) is -3.10. The van der Waals surface area contributed by atoms with Crippen molar-refractivity contribution in [1.82, 2.24) is 10.6 Å². The van der Waals surface area contributed by atoms with Crippen LogP contribution in [0.15, 0.2) is 36.4 Å². The van der Waals surface area contributed by atoms with Crippen LogP contribution in [0.5, 0.6) is 0 Å². The van der Waals surface area contributed by atoms with Crippen molar-refractivity contribution in [3.8, 4) is 0 Å². The molecule has 1 atom stereocenters. The van der Waals surface area contributed by atoms with Crippen LogP contribution in [0.4, 0.5) is 8.78 Å². The van der Waals surface area contributed by atoms with Gasteiger partial charge in [-0.25, -0.2) is 8.78 Å². The van der Waals surface area contributed by atoms with E-state index in [0.717, 1.165) is 12.1 Å². The van der Waals surface area contributed by atoms with Gasteiger partial charge in [0.05, 0.1) is 18.2 Å². The zero-order valence-electron chi connectivity index (χ0n) is 13.1. The van der Waals surface area contributed by atoms with Gasteiger partial charge in [0.2, 0.25) is 5.91 Å². The molecule has 0 fully saturated rings. The Labute approximate surface area is 153 Å². The SMILES string of the molecule is C[C@@H](NC(=O)CNC(=O)c1ccc(F)cc1F)c1ccc(Cl)cc1Cl. The maximum atomic E-state index is 13.5. The number of amides is 2. The third kappa shape index (κ3) is 5.14. The number of benzene rings is 2. The van der Waals surface area contributed by atoms with Crippen molar-refractivity contribution >= 4 is 35.0 Å². The highest BCUT2D eigenvalue weighted by Crippen LogP contribution is 2.25. The van der Waals surface area contributed by atoms with E-state index < -0.39 is 29.5 Å². The Morgan fingerprint density at radius 1 is 1.12 bits per heavy atom. The monoisotopic (exact) mass is 386 g/mol. The number of carbonyl (C=O) groups excluding carboxylic acids is 2. The van der Waals surface area contributed by atoms with Gasteiger partial charge in [-0.1, -0.05) is 29.3 Å². The molecule has 0 bridgehead atoms. The zero-order valence-corrected chi connectivity index (χ0v) is 14.6. The third-order valence-corrected chi connectivity index (χ3v) is 3.95. The lowest BCUT2D eigenvalue weighted by atomic mass is 10.1. The first-order valence-electron chi connectivity index (χ1n) is 7.25. The van der Waals surface area contributed by atoms with Crippen LogP contribution in [-0.2, 0) is 4.79 Å². The Balaban J connectivity index is 1.92. The predicted molar refractivity (Wildman–Crippen MR) is 91.7 cm³/mol. The van der Waals surface area contributed by atoms with Crippen LogP contribution < -0.4 is 10.6 Å². The lowest BCUT2D eigenvalue weighted by molar-refractivity contribution is -0.120. The molecular formula is C17H14Cl2F2N2O2. The fraction of sp³-hybridized carbons (Fsp3) is 0.176. The maximum Gasteiger partial charge on any atom is 0.254 e. The summed E-state index contributed by atoms with van der Waals surface area (Å²) in [5, 5.41) is 5.80. The highest BCUT2D eigenvalue weighted by molar-refractivity contribution is 6.35. The molecule has 0 radical (unpaired) electrons. The number of carbonyl (C=O) groups is 2.